The van der Waals surface area contributed by atoms with Gasteiger partial charge in [-0.15, -0.1) is 0 Å². The smallest absolute Gasteiger partial charge is 0.417 e. The van der Waals surface area contributed by atoms with Crippen LogP contribution in [0, 0.1) is 13.8 Å². The molecule has 0 saturated carbocycles. The average Bonchev–Trinajstić information content (AvgIpc) is 2.49. The summed E-state index contributed by atoms with van der Waals surface area (Å²) >= 11 is 5.08. The lowest BCUT2D eigenvalue weighted by molar-refractivity contribution is -0.138. The molecule has 2 rings (SSSR count). The van der Waals surface area contributed by atoms with Crippen LogP contribution in [0.15, 0.2) is 36.4 Å². The number of halogens is 3. The molecule has 0 aliphatic heterocycles. The molecule has 0 aliphatic rings. The van der Waals surface area contributed by atoms with Gasteiger partial charge in [-0.25, -0.2) is 0 Å². The van der Waals surface area contributed by atoms with Crippen LogP contribution >= 0.6 is 12.2 Å². The SMILES string of the molecule is CCC(=S)c1ccc(Oc2ccc(C)cc2)c(C)c1C(F)(F)F. The minimum absolute atomic E-state index is 0.0476. The summed E-state index contributed by atoms with van der Waals surface area (Å²) < 4.78 is 46.0. The molecule has 0 bridgehead atoms. The first-order chi connectivity index (χ1) is 10.7. The lowest BCUT2D eigenvalue weighted by atomic mass is 9.97. The molecule has 1 nitrogen and oxygen atoms in total. The second kappa shape index (κ2) is 6.71. The van der Waals surface area contributed by atoms with Gasteiger partial charge in [-0.1, -0.05) is 36.8 Å². The van der Waals surface area contributed by atoms with Crippen LogP contribution in [0.2, 0.25) is 0 Å². The zero-order valence-corrected chi connectivity index (χ0v) is 13.9. The van der Waals surface area contributed by atoms with Crippen molar-refractivity contribution in [3.63, 3.8) is 0 Å². The van der Waals surface area contributed by atoms with Gasteiger partial charge in [0.05, 0.1) is 5.56 Å². The molecule has 0 N–H and O–H groups in total. The van der Waals surface area contributed by atoms with E-state index in [9.17, 15) is 13.2 Å². The molecule has 0 aromatic heterocycles. The predicted molar refractivity (Wildman–Crippen MR) is 89.4 cm³/mol. The van der Waals surface area contributed by atoms with Crippen molar-refractivity contribution in [2.24, 2.45) is 0 Å². The van der Waals surface area contributed by atoms with Gasteiger partial charge in [0.15, 0.2) is 0 Å². The molecule has 0 fully saturated rings. The number of hydrogen-bond donors (Lipinski definition) is 0. The van der Waals surface area contributed by atoms with Crippen molar-refractivity contribution in [3.05, 3.63) is 58.7 Å². The Morgan fingerprint density at radius 3 is 2.17 bits per heavy atom. The lowest BCUT2D eigenvalue weighted by Gasteiger charge is -2.19. The van der Waals surface area contributed by atoms with E-state index < -0.39 is 11.7 Å². The Balaban J connectivity index is 2.50. The highest BCUT2D eigenvalue weighted by molar-refractivity contribution is 7.80. The van der Waals surface area contributed by atoms with E-state index in [1.165, 1.54) is 13.0 Å². The molecule has 122 valence electrons. The van der Waals surface area contributed by atoms with Gasteiger partial charge in [0.2, 0.25) is 0 Å². The Morgan fingerprint density at radius 2 is 1.65 bits per heavy atom. The van der Waals surface area contributed by atoms with Crippen molar-refractivity contribution in [3.8, 4) is 11.5 Å². The van der Waals surface area contributed by atoms with Gasteiger partial charge in [0.1, 0.15) is 11.5 Å². The highest BCUT2D eigenvalue weighted by Gasteiger charge is 2.37. The van der Waals surface area contributed by atoms with Crippen molar-refractivity contribution >= 4 is 17.1 Å². The summed E-state index contributed by atoms with van der Waals surface area (Å²) in [7, 11) is 0. The van der Waals surface area contributed by atoms with Gasteiger partial charge in [-0.2, -0.15) is 13.2 Å². The van der Waals surface area contributed by atoms with Gasteiger partial charge in [-0.3, -0.25) is 0 Å². The maximum absolute atomic E-state index is 13.5. The maximum atomic E-state index is 13.5. The minimum atomic E-state index is -4.48. The molecule has 0 amide bonds. The third-order valence-electron chi connectivity index (χ3n) is 3.57. The van der Waals surface area contributed by atoms with Crippen LogP contribution in [-0.4, -0.2) is 4.86 Å². The molecule has 0 spiro atoms. The molecule has 0 atom stereocenters. The number of benzene rings is 2. The minimum Gasteiger partial charge on any atom is -0.457 e. The Hall–Kier alpha value is -1.88. The summed E-state index contributed by atoms with van der Waals surface area (Å²) in [5.74, 6) is 0.682. The summed E-state index contributed by atoms with van der Waals surface area (Å²) in [6.07, 6.45) is -4.10. The fourth-order valence-electron chi connectivity index (χ4n) is 2.32. The molecule has 0 heterocycles. The summed E-state index contributed by atoms with van der Waals surface area (Å²) in [6.45, 7) is 5.08. The second-order valence-corrected chi connectivity index (χ2v) is 5.79. The van der Waals surface area contributed by atoms with Crippen molar-refractivity contribution in [1.29, 1.82) is 0 Å². The average molecular weight is 338 g/mol. The topological polar surface area (TPSA) is 9.23 Å². The van der Waals surface area contributed by atoms with Crippen LogP contribution in [0.25, 0.3) is 0 Å². The summed E-state index contributed by atoms with van der Waals surface area (Å²) in [6, 6.07) is 10.1. The number of thiocarbonyl (C=S) groups is 1. The maximum Gasteiger partial charge on any atom is 0.417 e. The first-order valence-corrected chi connectivity index (χ1v) is 7.63. The van der Waals surface area contributed by atoms with Gasteiger partial charge in [0, 0.05) is 16.0 Å². The summed E-state index contributed by atoms with van der Waals surface area (Å²) in [5, 5.41) is 0. The fourth-order valence-corrected chi connectivity index (χ4v) is 2.49. The molecule has 0 radical (unpaired) electrons. The van der Waals surface area contributed by atoms with E-state index in [0.29, 0.717) is 17.0 Å². The quantitative estimate of drug-likeness (QED) is 0.482. The molecule has 0 unspecified atom stereocenters. The second-order valence-electron chi connectivity index (χ2n) is 5.30. The van der Waals surface area contributed by atoms with Crippen LogP contribution in [-0.2, 0) is 6.18 Å². The van der Waals surface area contributed by atoms with E-state index in [1.807, 2.05) is 19.1 Å². The van der Waals surface area contributed by atoms with E-state index in [0.717, 1.165) is 5.56 Å². The van der Waals surface area contributed by atoms with Crippen LogP contribution in [0.5, 0.6) is 11.5 Å². The van der Waals surface area contributed by atoms with Crippen LogP contribution in [0.4, 0.5) is 13.2 Å². The molecule has 0 aliphatic carbocycles. The Labute approximate surface area is 139 Å². The zero-order chi connectivity index (χ0) is 17.2. The van der Waals surface area contributed by atoms with Gasteiger partial charge in [-0.05, 0) is 44.5 Å². The Kier molecular flexibility index (Phi) is 5.09. The van der Waals surface area contributed by atoms with Gasteiger partial charge >= 0.3 is 6.18 Å². The Morgan fingerprint density at radius 1 is 1.04 bits per heavy atom. The van der Waals surface area contributed by atoms with E-state index in [1.54, 1.807) is 25.1 Å². The molecular weight excluding hydrogens is 321 g/mol. The molecule has 23 heavy (non-hydrogen) atoms. The number of ether oxygens (including phenoxy) is 1. The van der Waals surface area contributed by atoms with Gasteiger partial charge in [0.25, 0.3) is 0 Å². The molecule has 5 heteroatoms. The highest BCUT2D eigenvalue weighted by Crippen LogP contribution is 2.40. The normalized spacial score (nSPS) is 11.4. The van der Waals surface area contributed by atoms with E-state index in [2.05, 4.69) is 0 Å². The largest absolute Gasteiger partial charge is 0.457 e. The van der Waals surface area contributed by atoms with Crippen molar-refractivity contribution < 1.29 is 17.9 Å². The number of rotatable bonds is 4. The van der Waals surface area contributed by atoms with Crippen molar-refractivity contribution in [1.82, 2.24) is 0 Å². The monoisotopic (exact) mass is 338 g/mol. The Bertz CT molecular complexity index is 718. The first kappa shape index (κ1) is 17.5. The zero-order valence-electron chi connectivity index (χ0n) is 13.1. The highest BCUT2D eigenvalue weighted by atomic mass is 32.1. The van der Waals surface area contributed by atoms with Crippen LogP contribution in [0.1, 0.15) is 35.6 Å². The van der Waals surface area contributed by atoms with Crippen molar-refractivity contribution in [2.75, 3.05) is 0 Å². The molecular formula is C18H17F3OS. The standard InChI is InChI=1S/C18H17F3OS/c1-4-16(23)14-9-10-15(12(3)17(14)18(19,20)21)22-13-7-5-11(2)6-8-13/h5-10H,4H2,1-3H3. The lowest BCUT2D eigenvalue weighted by Crippen LogP contribution is -2.15. The van der Waals surface area contributed by atoms with E-state index in [4.69, 9.17) is 17.0 Å². The summed E-state index contributed by atoms with van der Waals surface area (Å²) in [5.41, 5.74) is 0.442. The van der Waals surface area contributed by atoms with E-state index >= 15 is 0 Å². The van der Waals surface area contributed by atoms with Crippen LogP contribution in [0.3, 0.4) is 0 Å². The first-order valence-electron chi connectivity index (χ1n) is 7.22. The van der Waals surface area contributed by atoms with E-state index in [-0.39, 0.29) is 16.9 Å². The molecule has 0 saturated heterocycles. The third kappa shape index (κ3) is 3.91. The molecule has 2 aromatic rings. The number of aryl methyl sites for hydroxylation is 1. The third-order valence-corrected chi connectivity index (χ3v) is 4.08. The van der Waals surface area contributed by atoms with Crippen molar-refractivity contribution in [2.45, 2.75) is 33.4 Å². The number of hydrogen-bond acceptors (Lipinski definition) is 2. The predicted octanol–water partition coefficient (Wildman–Crippen LogP) is 6.24. The molecule has 2 aromatic carbocycles. The number of alkyl halides is 3. The van der Waals surface area contributed by atoms with Crippen LogP contribution < -0.4 is 4.74 Å². The summed E-state index contributed by atoms with van der Waals surface area (Å²) in [4.78, 5) is 0.294. The fraction of sp³-hybridized carbons (Fsp3) is 0.278. The van der Waals surface area contributed by atoms with Gasteiger partial charge < -0.3 is 4.74 Å².